The summed E-state index contributed by atoms with van der Waals surface area (Å²) in [5.41, 5.74) is 2.26. The van der Waals surface area contributed by atoms with Crippen LogP contribution in [-0.4, -0.2) is 32.3 Å². The Morgan fingerprint density at radius 1 is 1.04 bits per heavy atom. The molecule has 1 saturated heterocycles. The molecule has 1 aromatic carbocycles. The first-order valence-corrected chi connectivity index (χ1v) is 9.20. The molecule has 3 heterocycles. The van der Waals surface area contributed by atoms with Crippen molar-refractivity contribution >= 4 is 0 Å². The summed E-state index contributed by atoms with van der Waals surface area (Å²) in [6.45, 7) is 3.60. The fourth-order valence-corrected chi connectivity index (χ4v) is 3.50. The molecule has 26 heavy (non-hydrogen) atoms. The van der Waals surface area contributed by atoms with Gasteiger partial charge in [-0.05, 0) is 55.3 Å². The molecule has 0 N–H and O–H groups in total. The monoisotopic (exact) mass is 348 g/mol. The first-order chi connectivity index (χ1) is 12.9. The maximum absolute atomic E-state index is 5.82. The van der Waals surface area contributed by atoms with E-state index in [4.69, 9.17) is 4.74 Å². The van der Waals surface area contributed by atoms with Gasteiger partial charge >= 0.3 is 0 Å². The van der Waals surface area contributed by atoms with E-state index < -0.39 is 0 Å². The summed E-state index contributed by atoms with van der Waals surface area (Å²) in [4.78, 5) is 6.84. The normalized spacial score (nSPS) is 17.5. The van der Waals surface area contributed by atoms with Gasteiger partial charge in [0.25, 0.3) is 0 Å². The van der Waals surface area contributed by atoms with Crippen LogP contribution in [0.4, 0.5) is 0 Å². The molecule has 1 aliphatic rings. The third kappa shape index (κ3) is 4.29. The number of nitrogens with zero attached hydrogens (tertiary/aromatic N) is 4. The summed E-state index contributed by atoms with van der Waals surface area (Å²) < 4.78 is 7.86. The molecule has 5 nitrogen and oxygen atoms in total. The van der Waals surface area contributed by atoms with Crippen LogP contribution in [0.25, 0.3) is 0 Å². The van der Waals surface area contributed by atoms with Crippen LogP contribution in [0.1, 0.15) is 24.1 Å². The minimum absolute atomic E-state index is 0.498. The van der Waals surface area contributed by atoms with Gasteiger partial charge in [-0.15, -0.1) is 0 Å². The smallest absolute Gasteiger partial charge is 0.130 e. The van der Waals surface area contributed by atoms with Crippen molar-refractivity contribution in [1.82, 2.24) is 19.7 Å². The molecule has 0 saturated carbocycles. The number of benzene rings is 1. The first-order valence-electron chi connectivity index (χ1n) is 9.20. The maximum Gasteiger partial charge on any atom is 0.130 e. The predicted octanol–water partition coefficient (Wildman–Crippen LogP) is 3.52. The molecule has 0 unspecified atom stereocenters. The minimum Gasteiger partial charge on any atom is -0.487 e. The zero-order chi connectivity index (χ0) is 17.6. The zero-order valence-corrected chi connectivity index (χ0v) is 14.9. The summed E-state index contributed by atoms with van der Waals surface area (Å²) in [6.07, 6.45) is 8.19. The van der Waals surface area contributed by atoms with E-state index in [1.165, 1.54) is 18.4 Å². The third-order valence-corrected chi connectivity index (χ3v) is 4.88. The van der Waals surface area contributed by atoms with E-state index in [0.29, 0.717) is 12.6 Å². The van der Waals surface area contributed by atoms with E-state index in [9.17, 15) is 0 Å². The van der Waals surface area contributed by atoms with E-state index in [1.54, 1.807) is 6.20 Å². The van der Waals surface area contributed by atoms with Crippen molar-refractivity contribution in [2.24, 2.45) is 0 Å². The SMILES string of the molecule is c1ccc(COc2ccc(CN3CCC[C@H]3Cn3cccn3)cc2)nc1. The largest absolute Gasteiger partial charge is 0.487 e. The van der Waals surface area contributed by atoms with Gasteiger partial charge in [-0.1, -0.05) is 18.2 Å². The Labute approximate surface area is 154 Å². The van der Waals surface area contributed by atoms with Gasteiger partial charge in [0.1, 0.15) is 12.4 Å². The molecule has 134 valence electrons. The lowest BCUT2D eigenvalue weighted by Crippen LogP contribution is -2.32. The Morgan fingerprint density at radius 3 is 2.73 bits per heavy atom. The molecular formula is C21H24N4O. The number of hydrogen-bond donors (Lipinski definition) is 0. The van der Waals surface area contributed by atoms with Gasteiger partial charge < -0.3 is 4.74 Å². The Kier molecular flexibility index (Phi) is 5.26. The molecular weight excluding hydrogens is 324 g/mol. The van der Waals surface area contributed by atoms with E-state index in [-0.39, 0.29) is 0 Å². The van der Waals surface area contributed by atoms with Crippen LogP contribution in [0.2, 0.25) is 0 Å². The molecule has 1 atom stereocenters. The van der Waals surface area contributed by atoms with Crippen molar-refractivity contribution in [2.45, 2.75) is 38.6 Å². The summed E-state index contributed by atoms with van der Waals surface area (Å²) in [7, 11) is 0. The van der Waals surface area contributed by atoms with Gasteiger partial charge in [-0.3, -0.25) is 14.6 Å². The second-order valence-corrected chi connectivity index (χ2v) is 6.75. The highest BCUT2D eigenvalue weighted by Gasteiger charge is 2.24. The molecule has 0 spiro atoms. The fraction of sp³-hybridized carbons (Fsp3) is 0.333. The standard InChI is InChI=1S/C21H24N4O/c1-2-11-22-19(5-1)17-26-21-9-7-18(8-10-21)15-24-13-3-6-20(24)16-25-14-4-12-23-25/h1-2,4-5,7-12,14,20H,3,6,13,15-17H2/t20-/m0/s1. The van der Waals surface area contributed by atoms with Gasteiger partial charge in [-0.25, -0.2) is 0 Å². The van der Waals surface area contributed by atoms with Gasteiger partial charge in [0, 0.05) is 31.2 Å². The number of rotatable bonds is 7. The Balaban J connectivity index is 1.32. The van der Waals surface area contributed by atoms with Gasteiger partial charge in [0.05, 0.1) is 12.2 Å². The quantitative estimate of drug-likeness (QED) is 0.655. The summed E-state index contributed by atoms with van der Waals surface area (Å²) >= 11 is 0. The average molecular weight is 348 g/mol. The van der Waals surface area contributed by atoms with Crippen LogP contribution in [0.5, 0.6) is 5.75 Å². The van der Waals surface area contributed by atoms with Crippen molar-refractivity contribution in [1.29, 1.82) is 0 Å². The lowest BCUT2D eigenvalue weighted by Gasteiger charge is -2.24. The van der Waals surface area contributed by atoms with Crippen LogP contribution in [0, 0.1) is 0 Å². The van der Waals surface area contributed by atoms with Gasteiger partial charge in [-0.2, -0.15) is 5.10 Å². The van der Waals surface area contributed by atoms with E-state index in [2.05, 4.69) is 39.2 Å². The number of aromatic nitrogens is 3. The van der Waals surface area contributed by atoms with Crippen molar-refractivity contribution in [2.75, 3.05) is 6.54 Å². The van der Waals surface area contributed by atoms with Crippen molar-refractivity contribution in [3.8, 4) is 5.75 Å². The molecule has 0 aliphatic carbocycles. The first kappa shape index (κ1) is 16.8. The van der Waals surface area contributed by atoms with Gasteiger partial charge in [0.2, 0.25) is 0 Å². The molecule has 0 amide bonds. The minimum atomic E-state index is 0.498. The Bertz CT molecular complexity index is 787. The second kappa shape index (κ2) is 8.15. The zero-order valence-electron chi connectivity index (χ0n) is 14.9. The van der Waals surface area contributed by atoms with Crippen molar-refractivity contribution in [3.63, 3.8) is 0 Å². The highest BCUT2D eigenvalue weighted by molar-refractivity contribution is 5.27. The van der Waals surface area contributed by atoms with Crippen molar-refractivity contribution < 1.29 is 4.74 Å². The highest BCUT2D eigenvalue weighted by atomic mass is 16.5. The number of likely N-dealkylation sites (tertiary alicyclic amines) is 1. The Hall–Kier alpha value is -2.66. The summed E-state index contributed by atoms with van der Waals surface area (Å²) in [5, 5.41) is 4.35. The molecule has 4 rings (SSSR count). The van der Waals surface area contributed by atoms with Gasteiger partial charge in [0.15, 0.2) is 0 Å². The number of ether oxygens (including phenoxy) is 1. The van der Waals surface area contributed by atoms with E-state index in [1.807, 2.05) is 41.3 Å². The van der Waals surface area contributed by atoms with Crippen LogP contribution < -0.4 is 4.74 Å². The van der Waals surface area contributed by atoms with Crippen LogP contribution in [0.15, 0.2) is 67.1 Å². The van der Waals surface area contributed by atoms with Crippen LogP contribution in [-0.2, 0) is 19.7 Å². The van der Waals surface area contributed by atoms with Crippen molar-refractivity contribution in [3.05, 3.63) is 78.4 Å². The summed E-state index contributed by atoms with van der Waals surface area (Å²) in [5.74, 6) is 0.883. The molecule has 1 fully saturated rings. The second-order valence-electron chi connectivity index (χ2n) is 6.75. The third-order valence-electron chi connectivity index (χ3n) is 4.88. The molecule has 0 radical (unpaired) electrons. The molecule has 1 aliphatic heterocycles. The lowest BCUT2D eigenvalue weighted by atomic mass is 10.1. The highest BCUT2D eigenvalue weighted by Crippen LogP contribution is 2.22. The lowest BCUT2D eigenvalue weighted by molar-refractivity contribution is 0.219. The molecule has 2 aromatic heterocycles. The van der Waals surface area contributed by atoms with E-state index in [0.717, 1.165) is 31.1 Å². The average Bonchev–Trinajstić information content (AvgIpc) is 3.35. The van der Waals surface area contributed by atoms with Crippen LogP contribution >= 0.6 is 0 Å². The molecule has 5 heteroatoms. The number of hydrogen-bond acceptors (Lipinski definition) is 4. The number of pyridine rings is 1. The summed E-state index contributed by atoms with van der Waals surface area (Å²) in [6, 6.07) is 16.8. The topological polar surface area (TPSA) is 43.2 Å². The van der Waals surface area contributed by atoms with E-state index >= 15 is 0 Å². The predicted molar refractivity (Wildman–Crippen MR) is 101 cm³/mol. The fourth-order valence-electron chi connectivity index (χ4n) is 3.50. The van der Waals surface area contributed by atoms with Crippen LogP contribution in [0.3, 0.4) is 0 Å². The Morgan fingerprint density at radius 2 is 1.96 bits per heavy atom. The molecule has 0 bridgehead atoms. The molecule has 3 aromatic rings. The maximum atomic E-state index is 5.82.